The quantitative estimate of drug-likeness (QED) is 0.431. The van der Waals surface area contributed by atoms with Gasteiger partial charge < -0.3 is 19.3 Å². The van der Waals surface area contributed by atoms with Gasteiger partial charge in [0.15, 0.2) is 8.32 Å². The van der Waals surface area contributed by atoms with Gasteiger partial charge in [-0.3, -0.25) is 5.32 Å². The Morgan fingerprint density at radius 1 is 1.29 bits per heavy atom. The summed E-state index contributed by atoms with van der Waals surface area (Å²) < 4.78 is 12.3. The van der Waals surface area contributed by atoms with E-state index in [-0.39, 0.29) is 16.9 Å². The molecule has 0 saturated carbocycles. The molecule has 1 heterocycles. The van der Waals surface area contributed by atoms with Crippen molar-refractivity contribution >= 4 is 25.9 Å². The summed E-state index contributed by atoms with van der Waals surface area (Å²) in [5.74, 6) is -0.270. The van der Waals surface area contributed by atoms with E-state index in [4.69, 9.17) is 9.16 Å². The molecule has 0 fully saturated rings. The van der Waals surface area contributed by atoms with Gasteiger partial charge in [-0.15, -0.1) is 0 Å². The highest BCUT2D eigenvalue weighted by molar-refractivity contribution is 6.74. The van der Waals surface area contributed by atoms with Crippen molar-refractivity contribution in [2.45, 2.75) is 45.5 Å². The Kier molecular flexibility index (Phi) is 6.25. The zero-order valence-corrected chi connectivity index (χ0v) is 18.0. The summed E-state index contributed by atoms with van der Waals surface area (Å²) in [7, 11) is -0.435. The van der Waals surface area contributed by atoms with Gasteiger partial charge in [0.2, 0.25) is 0 Å². The Morgan fingerprint density at radius 2 is 1.89 bits per heavy atom. The van der Waals surface area contributed by atoms with Crippen molar-refractivity contribution in [1.29, 1.82) is 0 Å². The highest BCUT2D eigenvalue weighted by atomic mass is 28.4. The second-order valence-electron chi connectivity index (χ2n) is 7.98. The third-order valence-corrected chi connectivity index (χ3v) is 9.38. The van der Waals surface area contributed by atoms with Crippen molar-refractivity contribution in [3.8, 4) is 6.01 Å². The van der Waals surface area contributed by atoms with Crippen LogP contribution in [0.25, 0.3) is 0 Å². The number of nitrogens with zero attached hydrogens (tertiary/aromatic N) is 3. The summed E-state index contributed by atoms with van der Waals surface area (Å²) in [6, 6.07) is 7.06. The van der Waals surface area contributed by atoms with Crippen molar-refractivity contribution < 1.29 is 18.9 Å². The lowest BCUT2D eigenvalue weighted by Crippen LogP contribution is -2.40. The molecule has 2 aromatic rings. The van der Waals surface area contributed by atoms with E-state index in [1.165, 1.54) is 7.05 Å². The van der Waals surface area contributed by atoms with E-state index in [9.17, 15) is 14.9 Å². The molecule has 1 amide bonds. The Bertz CT molecular complexity index is 856. The molecule has 9 nitrogen and oxygen atoms in total. The number of hydrogen-bond donors (Lipinski definition) is 1. The number of benzene rings is 1. The van der Waals surface area contributed by atoms with Gasteiger partial charge in [0, 0.05) is 5.69 Å². The molecule has 0 unspecified atom stereocenters. The first kappa shape index (κ1) is 21.6. The number of ether oxygens (including phenoxy) is 1. The van der Waals surface area contributed by atoms with Gasteiger partial charge in [0.1, 0.15) is 6.20 Å². The largest absolute Gasteiger partial charge is 0.420 e. The minimum atomic E-state index is -1.83. The predicted octanol–water partition coefficient (Wildman–Crippen LogP) is 4.46. The summed E-state index contributed by atoms with van der Waals surface area (Å²) in [5.41, 5.74) is 1.54. The topological polar surface area (TPSA) is 109 Å². The maximum atomic E-state index is 12.0. The third-order valence-electron chi connectivity index (χ3n) is 4.90. The van der Waals surface area contributed by atoms with Crippen LogP contribution >= 0.6 is 0 Å². The van der Waals surface area contributed by atoms with E-state index < -0.39 is 19.3 Å². The summed E-state index contributed by atoms with van der Waals surface area (Å²) in [5, 5.41) is 13.5. The Labute approximate surface area is 165 Å². The van der Waals surface area contributed by atoms with E-state index in [0.29, 0.717) is 12.3 Å². The number of rotatable bonds is 6. The van der Waals surface area contributed by atoms with Crippen molar-refractivity contribution in [2.75, 3.05) is 5.32 Å². The highest BCUT2D eigenvalue weighted by Gasteiger charge is 2.37. The van der Waals surface area contributed by atoms with Crippen LogP contribution < -0.4 is 10.1 Å². The van der Waals surface area contributed by atoms with Gasteiger partial charge in [-0.2, -0.15) is 9.55 Å². The molecule has 10 heteroatoms. The maximum absolute atomic E-state index is 12.0. The molecule has 0 spiro atoms. The van der Waals surface area contributed by atoms with Crippen LogP contribution in [0.15, 0.2) is 30.5 Å². The predicted molar refractivity (Wildman–Crippen MR) is 108 cm³/mol. The van der Waals surface area contributed by atoms with E-state index in [1.807, 2.05) is 12.1 Å². The van der Waals surface area contributed by atoms with Crippen LogP contribution in [0.5, 0.6) is 6.01 Å². The van der Waals surface area contributed by atoms with Crippen LogP contribution in [0.3, 0.4) is 0 Å². The minimum absolute atomic E-state index is 0.137. The highest BCUT2D eigenvalue weighted by Crippen LogP contribution is 2.37. The molecule has 1 aromatic heterocycles. The SMILES string of the molecule is Cn1c([N+](=O)[O-])cnc1OC(=O)Nc1ccc(CO[Si](C)(C)C(C)(C)C)cc1. The lowest BCUT2D eigenvalue weighted by molar-refractivity contribution is -0.391. The van der Waals surface area contributed by atoms with Crippen LogP contribution in [0.1, 0.15) is 26.3 Å². The molecule has 0 radical (unpaired) electrons. The van der Waals surface area contributed by atoms with Crippen LogP contribution in [0.4, 0.5) is 16.3 Å². The van der Waals surface area contributed by atoms with E-state index in [0.717, 1.165) is 16.3 Å². The first-order chi connectivity index (χ1) is 12.9. The molecular formula is C18H26N4O5Si. The van der Waals surface area contributed by atoms with Crippen LogP contribution in [0.2, 0.25) is 18.1 Å². The number of amides is 1. The molecule has 0 atom stereocenters. The number of carbonyl (C=O) groups is 1. The smallest absolute Gasteiger partial charge is 0.413 e. The molecule has 152 valence electrons. The number of hydrogen-bond acceptors (Lipinski definition) is 6. The summed E-state index contributed by atoms with van der Waals surface area (Å²) >= 11 is 0. The lowest BCUT2D eigenvalue weighted by Gasteiger charge is -2.36. The summed E-state index contributed by atoms with van der Waals surface area (Å²) in [6.07, 6.45) is 0.244. The van der Waals surface area contributed by atoms with Crippen LogP contribution in [0, 0.1) is 10.1 Å². The molecule has 0 aliphatic rings. The standard InChI is InChI=1S/C18H26N4O5Si/c1-18(2,3)28(5,6)26-12-13-7-9-14(10-8-13)20-17(23)27-16-19-11-15(21(16)4)22(24)25/h7-11H,12H2,1-6H3,(H,20,23). The second kappa shape index (κ2) is 8.11. The van der Waals surface area contributed by atoms with Gasteiger partial charge in [-0.25, -0.2) is 4.79 Å². The minimum Gasteiger partial charge on any atom is -0.413 e. The molecule has 1 N–H and O–H groups in total. The fraction of sp³-hybridized carbons (Fsp3) is 0.444. The molecule has 28 heavy (non-hydrogen) atoms. The summed E-state index contributed by atoms with van der Waals surface area (Å²) in [6.45, 7) is 11.5. The van der Waals surface area contributed by atoms with Gasteiger partial charge in [-0.05, 0) is 40.8 Å². The molecule has 0 aliphatic heterocycles. The van der Waals surface area contributed by atoms with Crippen molar-refractivity contribution in [3.05, 3.63) is 46.1 Å². The molecule has 0 bridgehead atoms. The van der Waals surface area contributed by atoms with Crippen LogP contribution in [-0.2, 0) is 18.1 Å². The monoisotopic (exact) mass is 406 g/mol. The summed E-state index contributed by atoms with van der Waals surface area (Å²) in [4.78, 5) is 25.9. The normalized spacial score (nSPS) is 11.9. The number of aromatic nitrogens is 2. The molecular weight excluding hydrogens is 380 g/mol. The number of nitro groups is 1. The van der Waals surface area contributed by atoms with Gasteiger partial charge in [-0.1, -0.05) is 32.9 Å². The van der Waals surface area contributed by atoms with E-state index >= 15 is 0 Å². The maximum Gasteiger partial charge on any atom is 0.420 e. The fourth-order valence-electron chi connectivity index (χ4n) is 2.04. The van der Waals surface area contributed by atoms with E-state index in [1.54, 1.807) is 12.1 Å². The Balaban J connectivity index is 1.93. The molecule has 0 saturated heterocycles. The van der Waals surface area contributed by atoms with Gasteiger partial charge in [0.25, 0.3) is 0 Å². The Morgan fingerprint density at radius 3 is 2.39 bits per heavy atom. The number of anilines is 1. The van der Waals surface area contributed by atoms with Gasteiger partial charge >= 0.3 is 17.9 Å². The number of nitrogens with one attached hydrogen (secondary N) is 1. The first-order valence-corrected chi connectivity index (χ1v) is 11.7. The molecule has 0 aliphatic carbocycles. The molecule has 2 rings (SSSR count). The van der Waals surface area contributed by atoms with Crippen molar-refractivity contribution in [2.24, 2.45) is 7.05 Å². The molecule has 1 aromatic carbocycles. The van der Waals surface area contributed by atoms with Crippen molar-refractivity contribution in [3.63, 3.8) is 0 Å². The van der Waals surface area contributed by atoms with E-state index in [2.05, 4.69) is 44.2 Å². The lowest BCUT2D eigenvalue weighted by atomic mass is 10.2. The number of imidazole rings is 1. The first-order valence-electron chi connectivity index (χ1n) is 8.78. The number of carbonyl (C=O) groups excluding carboxylic acids is 1. The van der Waals surface area contributed by atoms with Crippen molar-refractivity contribution in [1.82, 2.24) is 9.55 Å². The zero-order chi connectivity index (χ0) is 21.1. The average molecular weight is 407 g/mol. The average Bonchev–Trinajstić information content (AvgIpc) is 2.94. The third kappa shape index (κ3) is 5.17. The zero-order valence-electron chi connectivity index (χ0n) is 17.0. The second-order valence-corrected chi connectivity index (χ2v) is 12.8. The fourth-order valence-corrected chi connectivity index (χ4v) is 3.00. The van der Waals surface area contributed by atoms with Gasteiger partial charge in [0.05, 0.1) is 13.7 Å². The van der Waals surface area contributed by atoms with Crippen LogP contribution in [-0.4, -0.2) is 28.9 Å². The Hall–Kier alpha value is -2.72.